The van der Waals surface area contributed by atoms with Crippen LogP contribution in [0.1, 0.15) is 35.5 Å². The molecule has 0 saturated heterocycles. The van der Waals surface area contributed by atoms with E-state index in [1.54, 1.807) is 23.3 Å². The van der Waals surface area contributed by atoms with Crippen LogP contribution in [0.5, 0.6) is 0 Å². The Morgan fingerprint density at radius 1 is 1.44 bits per heavy atom. The van der Waals surface area contributed by atoms with Crippen molar-refractivity contribution in [3.05, 3.63) is 15.6 Å². The smallest absolute Gasteiger partial charge is 0.251 e. The van der Waals surface area contributed by atoms with Crippen molar-refractivity contribution in [3.63, 3.8) is 0 Å². The van der Waals surface area contributed by atoms with E-state index in [1.165, 1.54) is 6.92 Å². The highest BCUT2D eigenvalue weighted by atomic mass is 32.1. The van der Waals surface area contributed by atoms with Crippen LogP contribution < -0.4 is 0 Å². The summed E-state index contributed by atoms with van der Waals surface area (Å²) in [5, 5.41) is 10.3. The Morgan fingerprint density at radius 2 is 2.00 bits per heavy atom. The van der Waals surface area contributed by atoms with E-state index in [0.717, 1.165) is 15.6 Å². The molecular formula is C11H18N2O2S. The molecule has 0 aliphatic heterocycles. The highest BCUT2D eigenvalue weighted by Gasteiger charge is 2.23. The normalized spacial score (nSPS) is 14.6. The van der Waals surface area contributed by atoms with Crippen molar-refractivity contribution in [1.82, 2.24) is 9.88 Å². The zero-order chi connectivity index (χ0) is 12.5. The van der Waals surface area contributed by atoms with Crippen molar-refractivity contribution in [1.29, 1.82) is 0 Å². The minimum atomic E-state index is -0.957. The van der Waals surface area contributed by atoms with Crippen molar-refractivity contribution >= 4 is 17.2 Å². The number of amides is 1. The summed E-state index contributed by atoms with van der Waals surface area (Å²) in [7, 11) is 1.70. The minimum Gasteiger partial charge on any atom is -0.384 e. The van der Waals surface area contributed by atoms with Gasteiger partial charge in [-0.3, -0.25) is 4.79 Å². The molecule has 0 aliphatic rings. The van der Waals surface area contributed by atoms with Gasteiger partial charge in [0, 0.05) is 11.9 Å². The molecule has 1 aromatic heterocycles. The first kappa shape index (κ1) is 13.1. The number of aromatic nitrogens is 1. The van der Waals surface area contributed by atoms with Gasteiger partial charge in [0.25, 0.3) is 5.91 Å². The third kappa shape index (κ3) is 2.59. The quantitative estimate of drug-likeness (QED) is 0.877. The molecule has 1 rings (SSSR count). The van der Waals surface area contributed by atoms with Gasteiger partial charge >= 0.3 is 0 Å². The molecule has 0 saturated carbocycles. The fourth-order valence-corrected chi connectivity index (χ4v) is 2.62. The second-order valence-corrected chi connectivity index (χ2v) is 5.22. The first-order valence-electron chi connectivity index (χ1n) is 5.23. The van der Waals surface area contributed by atoms with Gasteiger partial charge in [0.2, 0.25) is 0 Å². The molecule has 1 heterocycles. The van der Waals surface area contributed by atoms with Gasteiger partial charge < -0.3 is 10.0 Å². The van der Waals surface area contributed by atoms with Gasteiger partial charge in [0.15, 0.2) is 0 Å². The highest BCUT2D eigenvalue weighted by Crippen LogP contribution is 2.28. The van der Waals surface area contributed by atoms with Crippen molar-refractivity contribution in [2.75, 3.05) is 7.05 Å². The summed E-state index contributed by atoms with van der Waals surface area (Å²) in [5.41, 5.74) is 0.959. The van der Waals surface area contributed by atoms with Gasteiger partial charge in [-0.05, 0) is 27.7 Å². The lowest BCUT2D eigenvalue weighted by Gasteiger charge is -2.25. The summed E-state index contributed by atoms with van der Waals surface area (Å²) in [6, 6.07) is -0.0479. The number of aryl methyl sites for hydroxylation is 2. The Bertz CT molecular complexity index is 387. The van der Waals surface area contributed by atoms with E-state index in [0.29, 0.717) is 0 Å². The molecule has 0 fully saturated rings. The second-order valence-electron chi connectivity index (χ2n) is 3.98. The second kappa shape index (κ2) is 4.93. The third-order valence-electron chi connectivity index (χ3n) is 2.60. The van der Waals surface area contributed by atoms with Gasteiger partial charge in [-0.15, -0.1) is 11.3 Å². The Hall–Kier alpha value is -0.940. The average molecular weight is 242 g/mol. The van der Waals surface area contributed by atoms with Gasteiger partial charge in [-0.2, -0.15) is 0 Å². The van der Waals surface area contributed by atoms with E-state index >= 15 is 0 Å². The maximum atomic E-state index is 11.6. The molecule has 0 aromatic carbocycles. The van der Waals surface area contributed by atoms with Crippen LogP contribution in [0.3, 0.4) is 0 Å². The zero-order valence-electron chi connectivity index (χ0n) is 10.3. The molecule has 0 spiro atoms. The predicted octanol–water partition coefficient (Wildman–Crippen LogP) is 1.66. The maximum absolute atomic E-state index is 11.6. The van der Waals surface area contributed by atoms with Gasteiger partial charge in [-0.1, -0.05) is 0 Å². The maximum Gasteiger partial charge on any atom is 0.251 e. The summed E-state index contributed by atoms with van der Waals surface area (Å²) in [6.45, 7) is 7.32. The van der Waals surface area contributed by atoms with Crippen LogP contribution in [0, 0.1) is 13.8 Å². The first-order chi connectivity index (χ1) is 7.34. The lowest BCUT2D eigenvalue weighted by molar-refractivity contribution is -0.139. The van der Waals surface area contributed by atoms with Crippen molar-refractivity contribution < 1.29 is 9.90 Å². The van der Waals surface area contributed by atoms with Crippen LogP contribution in [0.15, 0.2) is 0 Å². The lowest BCUT2D eigenvalue weighted by atomic mass is 10.2. The SMILES string of the molecule is Cc1nc(C)c(C(C)N(C)C(=O)C(C)O)s1. The fourth-order valence-electron chi connectivity index (χ4n) is 1.60. The van der Waals surface area contributed by atoms with Crippen molar-refractivity contribution in [2.45, 2.75) is 39.8 Å². The molecule has 2 atom stereocenters. The average Bonchev–Trinajstić information content (AvgIpc) is 2.54. The lowest BCUT2D eigenvalue weighted by Crippen LogP contribution is -2.36. The highest BCUT2D eigenvalue weighted by molar-refractivity contribution is 7.11. The van der Waals surface area contributed by atoms with E-state index in [9.17, 15) is 9.90 Å². The van der Waals surface area contributed by atoms with Crippen LogP contribution in [0.25, 0.3) is 0 Å². The molecular weight excluding hydrogens is 224 g/mol. The Kier molecular flexibility index (Phi) is 4.04. The Morgan fingerprint density at radius 3 is 2.38 bits per heavy atom. The molecule has 4 nitrogen and oxygen atoms in total. The number of likely N-dealkylation sites (N-methyl/N-ethyl adjacent to an activating group) is 1. The number of aliphatic hydroxyl groups excluding tert-OH is 1. The van der Waals surface area contributed by atoms with Gasteiger partial charge in [-0.25, -0.2) is 4.98 Å². The third-order valence-corrected chi connectivity index (χ3v) is 3.85. The number of hydrogen-bond donors (Lipinski definition) is 1. The van der Waals surface area contributed by atoms with E-state index in [4.69, 9.17) is 0 Å². The molecule has 1 aromatic rings. The van der Waals surface area contributed by atoms with Crippen LogP contribution in [-0.4, -0.2) is 34.0 Å². The number of carbonyl (C=O) groups is 1. The standard InChI is InChI=1S/C11H18N2O2S/c1-6-10(16-9(4)12-6)7(2)13(5)11(15)8(3)14/h7-8,14H,1-5H3. The molecule has 0 bridgehead atoms. The molecule has 90 valence electrons. The molecule has 1 N–H and O–H groups in total. The molecule has 0 radical (unpaired) electrons. The topological polar surface area (TPSA) is 53.4 Å². The predicted molar refractivity (Wildman–Crippen MR) is 64.5 cm³/mol. The summed E-state index contributed by atoms with van der Waals surface area (Å²) < 4.78 is 0. The van der Waals surface area contributed by atoms with Crippen LogP contribution >= 0.6 is 11.3 Å². The zero-order valence-corrected chi connectivity index (χ0v) is 11.1. The van der Waals surface area contributed by atoms with Crippen LogP contribution in [-0.2, 0) is 4.79 Å². The summed E-state index contributed by atoms with van der Waals surface area (Å²) in [6.07, 6.45) is -0.957. The Labute approximate surface area is 99.9 Å². The van der Waals surface area contributed by atoms with E-state index < -0.39 is 6.10 Å². The first-order valence-corrected chi connectivity index (χ1v) is 6.05. The van der Waals surface area contributed by atoms with Crippen LogP contribution in [0.4, 0.5) is 0 Å². The molecule has 1 amide bonds. The minimum absolute atomic E-state index is 0.0479. The summed E-state index contributed by atoms with van der Waals surface area (Å²) in [4.78, 5) is 18.6. The van der Waals surface area contributed by atoms with Gasteiger partial charge in [0.05, 0.1) is 16.7 Å². The number of thiazole rings is 1. The number of rotatable bonds is 3. The van der Waals surface area contributed by atoms with Crippen molar-refractivity contribution in [2.24, 2.45) is 0 Å². The summed E-state index contributed by atoms with van der Waals surface area (Å²) >= 11 is 1.59. The van der Waals surface area contributed by atoms with Crippen molar-refractivity contribution in [3.8, 4) is 0 Å². The van der Waals surface area contributed by atoms with Crippen LogP contribution in [0.2, 0.25) is 0 Å². The molecule has 2 unspecified atom stereocenters. The molecule has 0 aliphatic carbocycles. The van der Waals surface area contributed by atoms with E-state index in [2.05, 4.69) is 4.98 Å². The summed E-state index contributed by atoms with van der Waals surface area (Å²) in [5.74, 6) is -0.266. The van der Waals surface area contributed by atoms with Gasteiger partial charge in [0.1, 0.15) is 6.10 Å². The molecule has 16 heavy (non-hydrogen) atoms. The number of aliphatic hydroxyl groups is 1. The number of nitrogens with zero attached hydrogens (tertiary/aromatic N) is 2. The molecule has 5 heteroatoms. The number of carbonyl (C=O) groups excluding carboxylic acids is 1. The van der Waals surface area contributed by atoms with E-state index in [-0.39, 0.29) is 11.9 Å². The largest absolute Gasteiger partial charge is 0.384 e. The van der Waals surface area contributed by atoms with E-state index in [1.807, 2.05) is 20.8 Å². The monoisotopic (exact) mass is 242 g/mol. The fraction of sp³-hybridized carbons (Fsp3) is 0.636. The Balaban J connectivity index is 2.89. The number of hydrogen-bond acceptors (Lipinski definition) is 4.